The van der Waals surface area contributed by atoms with Crippen LogP contribution in [0.5, 0.6) is 0 Å². The average molecular weight is 273 g/mol. The van der Waals surface area contributed by atoms with E-state index >= 15 is 0 Å². The third-order valence-corrected chi connectivity index (χ3v) is 3.77. The van der Waals surface area contributed by atoms with Crippen LogP contribution < -0.4 is 5.32 Å². The third kappa shape index (κ3) is 4.33. The lowest BCUT2D eigenvalue weighted by atomic mass is 10.1. The molecule has 0 saturated carbocycles. The number of nitrogens with zero attached hydrogens (tertiary/aromatic N) is 2. The van der Waals surface area contributed by atoms with Crippen LogP contribution in [0.1, 0.15) is 31.9 Å². The molecule has 0 radical (unpaired) electrons. The molecule has 0 fully saturated rings. The van der Waals surface area contributed by atoms with Crippen molar-refractivity contribution in [3.05, 3.63) is 48.4 Å². The highest BCUT2D eigenvalue weighted by Crippen LogP contribution is 2.26. The number of nitrogens with one attached hydrogen (secondary N) is 1. The first-order valence-corrected chi connectivity index (χ1v) is 7.38. The minimum absolute atomic E-state index is 0.361. The Bertz CT molecular complexity index is 502. The van der Waals surface area contributed by atoms with Crippen LogP contribution in [-0.2, 0) is 0 Å². The summed E-state index contributed by atoms with van der Waals surface area (Å²) in [5.41, 5.74) is 1.28. The van der Waals surface area contributed by atoms with Gasteiger partial charge in [0.15, 0.2) is 0 Å². The first-order valence-electron chi connectivity index (χ1n) is 6.57. The van der Waals surface area contributed by atoms with Gasteiger partial charge in [0.1, 0.15) is 5.03 Å². The average Bonchev–Trinajstić information content (AvgIpc) is 2.46. The summed E-state index contributed by atoms with van der Waals surface area (Å²) >= 11 is 1.66. The van der Waals surface area contributed by atoms with Gasteiger partial charge in [-0.05, 0) is 49.7 Å². The van der Waals surface area contributed by atoms with E-state index in [1.54, 1.807) is 24.2 Å². The molecule has 0 saturated heterocycles. The van der Waals surface area contributed by atoms with Crippen molar-refractivity contribution < 1.29 is 0 Å². The molecule has 4 heteroatoms. The maximum absolute atomic E-state index is 4.41. The molecule has 0 aliphatic carbocycles. The summed E-state index contributed by atoms with van der Waals surface area (Å²) in [7, 11) is 0. The Labute approximate surface area is 118 Å². The zero-order chi connectivity index (χ0) is 13.5. The second-order valence-corrected chi connectivity index (χ2v) is 5.48. The van der Waals surface area contributed by atoms with E-state index in [1.165, 1.54) is 5.56 Å². The normalized spacial score (nSPS) is 12.3. The van der Waals surface area contributed by atoms with Crippen LogP contribution in [0.25, 0.3) is 0 Å². The van der Waals surface area contributed by atoms with E-state index in [0.717, 1.165) is 22.9 Å². The fourth-order valence-electron chi connectivity index (χ4n) is 1.76. The maximum Gasteiger partial charge on any atom is 0.101 e. The first-order chi connectivity index (χ1) is 9.29. The van der Waals surface area contributed by atoms with Crippen molar-refractivity contribution >= 4 is 11.8 Å². The van der Waals surface area contributed by atoms with Gasteiger partial charge in [-0.2, -0.15) is 0 Å². The Morgan fingerprint density at radius 3 is 2.74 bits per heavy atom. The first kappa shape index (κ1) is 14.0. The molecule has 0 spiro atoms. The van der Waals surface area contributed by atoms with Gasteiger partial charge < -0.3 is 5.32 Å². The summed E-state index contributed by atoms with van der Waals surface area (Å²) in [4.78, 5) is 9.60. The van der Waals surface area contributed by atoms with Crippen molar-refractivity contribution in [1.82, 2.24) is 15.3 Å². The van der Waals surface area contributed by atoms with Crippen LogP contribution in [0.2, 0.25) is 0 Å². The van der Waals surface area contributed by atoms with Crippen LogP contribution in [0.15, 0.2) is 52.8 Å². The van der Waals surface area contributed by atoms with Gasteiger partial charge in [0.25, 0.3) is 0 Å². The molecule has 0 aromatic carbocycles. The van der Waals surface area contributed by atoms with Crippen molar-refractivity contribution in [2.45, 2.75) is 36.2 Å². The molecule has 0 amide bonds. The van der Waals surface area contributed by atoms with Gasteiger partial charge >= 0.3 is 0 Å². The highest BCUT2D eigenvalue weighted by molar-refractivity contribution is 7.99. The molecule has 2 heterocycles. The second kappa shape index (κ2) is 7.26. The molecule has 1 unspecified atom stereocenters. The van der Waals surface area contributed by atoms with Gasteiger partial charge in [-0.15, -0.1) is 0 Å². The number of rotatable bonds is 6. The van der Waals surface area contributed by atoms with Crippen LogP contribution >= 0.6 is 11.8 Å². The van der Waals surface area contributed by atoms with E-state index < -0.39 is 0 Å². The Balaban J connectivity index is 2.06. The molecular formula is C15H19N3S. The van der Waals surface area contributed by atoms with E-state index in [9.17, 15) is 0 Å². The van der Waals surface area contributed by atoms with Crippen molar-refractivity contribution in [2.24, 2.45) is 0 Å². The van der Waals surface area contributed by atoms with E-state index in [0.29, 0.717) is 6.04 Å². The molecule has 1 atom stereocenters. The van der Waals surface area contributed by atoms with E-state index in [2.05, 4.69) is 41.3 Å². The van der Waals surface area contributed by atoms with E-state index in [1.807, 2.05) is 18.3 Å². The topological polar surface area (TPSA) is 37.8 Å². The maximum atomic E-state index is 4.41. The van der Waals surface area contributed by atoms with Gasteiger partial charge in [-0.25, -0.2) is 4.98 Å². The Morgan fingerprint density at radius 2 is 2.00 bits per heavy atom. The van der Waals surface area contributed by atoms with Crippen LogP contribution in [-0.4, -0.2) is 16.5 Å². The fraction of sp³-hybridized carbons (Fsp3) is 0.333. The number of hydrogen-bond donors (Lipinski definition) is 1. The highest BCUT2D eigenvalue weighted by Gasteiger charge is 2.06. The summed E-state index contributed by atoms with van der Waals surface area (Å²) in [5, 5.41) is 4.51. The van der Waals surface area contributed by atoms with E-state index in [-0.39, 0.29) is 0 Å². The standard InChI is InChI=1S/C15H19N3S/c1-3-7-17-12(2)13-4-10-18-15(11-13)19-14-5-8-16-9-6-14/h4-6,8-12,17H,3,7H2,1-2H3. The second-order valence-electron chi connectivity index (χ2n) is 4.39. The molecule has 2 rings (SSSR count). The summed E-state index contributed by atoms with van der Waals surface area (Å²) in [6.07, 6.45) is 6.63. The molecule has 0 aliphatic rings. The van der Waals surface area contributed by atoms with Crippen LogP contribution in [0, 0.1) is 0 Å². The zero-order valence-corrected chi connectivity index (χ0v) is 12.2. The minimum atomic E-state index is 0.361. The molecule has 19 heavy (non-hydrogen) atoms. The molecule has 2 aromatic heterocycles. The number of hydrogen-bond acceptors (Lipinski definition) is 4. The van der Waals surface area contributed by atoms with Crippen molar-refractivity contribution in [3.63, 3.8) is 0 Å². The monoisotopic (exact) mass is 273 g/mol. The fourth-order valence-corrected chi connectivity index (χ4v) is 2.56. The third-order valence-electron chi connectivity index (χ3n) is 2.83. The van der Waals surface area contributed by atoms with Gasteiger partial charge in [-0.3, -0.25) is 4.98 Å². The lowest BCUT2D eigenvalue weighted by Gasteiger charge is -2.14. The quantitative estimate of drug-likeness (QED) is 0.871. The highest BCUT2D eigenvalue weighted by atomic mass is 32.2. The summed E-state index contributed by atoms with van der Waals surface area (Å²) in [6, 6.07) is 8.58. The Kier molecular flexibility index (Phi) is 5.36. The van der Waals surface area contributed by atoms with Gasteiger partial charge in [0.05, 0.1) is 0 Å². The summed E-state index contributed by atoms with van der Waals surface area (Å²) in [6.45, 7) is 5.40. The van der Waals surface area contributed by atoms with Gasteiger partial charge in [-0.1, -0.05) is 18.7 Å². The predicted molar refractivity (Wildman–Crippen MR) is 79.3 cm³/mol. The lowest BCUT2D eigenvalue weighted by molar-refractivity contribution is 0.569. The predicted octanol–water partition coefficient (Wildman–Crippen LogP) is 3.69. The molecule has 100 valence electrons. The lowest BCUT2D eigenvalue weighted by Crippen LogP contribution is -2.19. The Hall–Kier alpha value is -1.39. The van der Waals surface area contributed by atoms with Crippen molar-refractivity contribution in [3.8, 4) is 0 Å². The minimum Gasteiger partial charge on any atom is -0.310 e. The van der Waals surface area contributed by atoms with Crippen molar-refractivity contribution in [1.29, 1.82) is 0 Å². The molecule has 0 bridgehead atoms. The van der Waals surface area contributed by atoms with Crippen molar-refractivity contribution in [2.75, 3.05) is 6.54 Å². The number of aromatic nitrogens is 2. The summed E-state index contributed by atoms with van der Waals surface area (Å²) < 4.78 is 0. The zero-order valence-electron chi connectivity index (χ0n) is 11.3. The SMILES string of the molecule is CCCNC(C)c1ccnc(Sc2ccncc2)c1. The largest absolute Gasteiger partial charge is 0.310 e. The van der Waals surface area contributed by atoms with Crippen LogP contribution in [0.3, 0.4) is 0 Å². The smallest absolute Gasteiger partial charge is 0.101 e. The van der Waals surface area contributed by atoms with Gasteiger partial charge in [0, 0.05) is 29.5 Å². The molecular weight excluding hydrogens is 254 g/mol. The van der Waals surface area contributed by atoms with Crippen LogP contribution in [0.4, 0.5) is 0 Å². The molecule has 0 aliphatic heterocycles. The molecule has 3 nitrogen and oxygen atoms in total. The molecule has 1 N–H and O–H groups in total. The molecule has 2 aromatic rings. The van der Waals surface area contributed by atoms with Gasteiger partial charge in [0.2, 0.25) is 0 Å². The number of pyridine rings is 2. The van der Waals surface area contributed by atoms with E-state index in [4.69, 9.17) is 0 Å². The summed E-state index contributed by atoms with van der Waals surface area (Å²) in [5.74, 6) is 0. The Morgan fingerprint density at radius 1 is 1.21 bits per heavy atom.